The molecular formula is C57H35N3OS. The highest BCUT2D eigenvalue weighted by atomic mass is 32.1. The molecule has 62 heavy (non-hydrogen) atoms. The summed E-state index contributed by atoms with van der Waals surface area (Å²) >= 11 is 1.08. The first-order valence-electron chi connectivity index (χ1n) is 23.3. The molecule has 0 atom stereocenters. The van der Waals surface area contributed by atoms with Crippen LogP contribution in [0.2, 0.25) is 0 Å². The van der Waals surface area contributed by atoms with Crippen LogP contribution in [-0.4, -0.2) is 15.0 Å². The molecule has 0 unspecified atom stereocenters. The van der Waals surface area contributed by atoms with E-state index < -0.39 is 0 Å². The summed E-state index contributed by atoms with van der Waals surface area (Å²) < 4.78 is 63.7. The molecule has 3 aromatic heterocycles. The quantitative estimate of drug-likeness (QED) is 0.161. The lowest BCUT2D eigenvalue weighted by Gasteiger charge is -2.12. The molecule has 0 radical (unpaired) electrons. The van der Waals surface area contributed by atoms with Gasteiger partial charge >= 0.3 is 0 Å². The van der Waals surface area contributed by atoms with E-state index in [4.69, 9.17) is 20.7 Å². The van der Waals surface area contributed by atoms with Crippen molar-refractivity contribution in [3.8, 4) is 78.7 Å². The predicted octanol–water partition coefficient (Wildman–Crippen LogP) is 15.8. The van der Waals surface area contributed by atoms with Crippen LogP contribution in [0.15, 0.2) is 217 Å². The molecule has 0 bridgehead atoms. The van der Waals surface area contributed by atoms with Crippen molar-refractivity contribution in [2.24, 2.45) is 0 Å². The molecular weight excluding hydrogens is 775 g/mol. The fraction of sp³-hybridized carbons (Fsp3) is 0. The van der Waals surface area contributed by atoms with E-state index in [-0.39, 0.29) is 64.0 Å². The summed E-state index contributed by atoms with van der Waals surface area (Å²) in [4.78, 5) is 15.1. The number of rotatable bonds is 7. The summed E-state index contributed by atoms with van der Waals surface area (Å²) in [7, 11) is 0. The van der Waals surface area contributed by atoms with Crippen LogP contribution >= 0.6 is 11.3 Å². The van der Waals surface area contributed by atoms with Crippen LogP contribution < -0.4 is 0 Å². The van der Waals surface area contributed by atoms with Crippen LogP contribution in [0.5, 0.6) is 0 Å². The molecule has 0 fully saturated rings. The van der Waals surface area contributed by atoms with E-state index in [1.54, 1.807) is 0 Å². The lowest BCUT2D eigenvalue weighted by molar-refractivity contribution is 0.669. The van der Waals surface area contributed by atoms with Gasteiger partial charge in [0.2, 0.25) is 0 Å². The van der Waals surface area contributed by atoms with E-state index in [1.807, 2.05) is 164 Å². The summed E-state index contributed by atoms with van der Waals surface area (Å²) in [6, 6.07) is 56.4. The Balaban J connectivity index is 1.04. The summed E-state index contributed by atoms with van der Waals surface area (Å²) in [5, 5.41) is 2.53. The number of hydrogen-bond acceptors (Lipinski definition) is 5. The molecule has 12 rings (SSSR count). The molecule has 0 amide bonds. The highest BCUT2D eigenvalue weighted by Gasteiger charge is 2.18. The van der Waals surface area contributed by atoms with Crippen LogP contribution in [0.1, 0.15) is 8.22 Å². The lowest BCUT2D eigenvalue weighted by Crippen LogP contribution is -2.01. The van der Waals surface area contributed by atoms with Gasteiger partial charge in [-0.3, -0.25) is 0 Å². The van der Waals surface area contributed by atoms with Gasteiger partial charge in [0.05, 0.1) is 8.22 Å². The van der Waals surface area contributed by atoms with Crippen molar-refractivity contribution in [3.63, 3.8) is 0 Å². The maximum atomic E-state index is 9.76. The Kier molecular flexibility index (Phi) is 7.25. The molecule has 0 saturated heterocycles. The van der Waals surface area contributed by atoms with Crippen molar-refractivity contribution >= 4 is 53.4 Å². The molecule has 0 saturated carbocycles. The van der Waals surface area contributed by atoms with Gasteiger partial charge in [0.1, 0.15) is 11.2 Å². The molecule has 4 nitrogen and oxygen atoms in total. The zero-order valence-electron chi connectivity index (χ0n) is 38.9. The summed E-state index contributed by atoms with van der Waals surface area (Å²) in [6.45, 7) is 0. The predicted molar refractivity (Wildman–Crippen MR) is 258 cm³/mol. The number of hydrogen-bond donors (Lipinski definition) is 0. The summed E-state index contributed by atoms with van der Waals surface area (Å²) in [5.41, 5.74) is 9.57. The third-order valence-corrected chi connectivity index (χ3v) is 12.3. The van der Waals surface area contributed by atoms with Gasteiger partial charge in [-0.25, -0.2) is 15.0 Å². The average molecular weight is 816 g/mol. The summed E-state index contributed by atoms with van der Waals surface area (Å²) in [6.07, 6.45) is 0. The molecule has 0 aliphatic rings. The molecule has 12 aromatic rings. The van der Waals surface area contributed by atoms with Crippen LogP contribution in [0.25, 0.3) is 121 Å². The van der Waals surface area contributed by atoms with Crippen molar-refractivity contribution < 1.29 is 12.6 Å². The van der Waals surface area contributed by atoms with E-state index in [0.717, 1.165) is 66.7 Å². The number of para-hydroxylation sites is 1. The SMILES string of the molecule is [2H]c1c(-c2ccc(-c3ccccc3)cc2)c([2H])c2c(sc3c([2H])c(-c4nc(-c5ccc(-c6ccccc6)cc5)nc(-c5ccccc5-c5ccc6c(c5)oc5ccccc56)n4)c([2H])c([2H])c32)c1[2H]. The normalized spacial score (nSPS) is 12.9. The maximum absolute atomic E-state index is 9.76. The second-order valence-corrected chi connectivity index (χ2v) is 16.1. The third-order valence-electron chi connectivity index (χ3n) is 11.3. The van der Waals surface area contributed by atoms with Crippen LogP contribution in [0.3, 0.4) is 0 Å². The molecule has 9 aromatic carbocycles. The second kappa shape index (κ2) is 14.9. The lowest BCUT2D eigenvalue weighted by atomic mass is 9.98. The van der Waals surface area contributed by atoms with Crippen molar-refractivity contribution in [2.45, 2.75) is 0 Å². The van der Waals surface area contributed by atoms with E-state index in [2.05, 4.69) is 12.1 Å². The number of benzene rings is 9. The second-order valence-electron chi connectivity index (χ2n) is 15.1. The monoisotopic (exact) mass is 815 g/mol. The zero-order valence-corrected chi connectivity index (χ0v) is 33.7. The van der Waals surface area contributed by atoms with Crippen LogP contribution in [-0.2, 0) is 0 Å². The highest BCUT2D eigenvalue weighted by molar-refractivity contribution is 7.25. The first kappa shape index (κ1) is 30.1. The van der Waals surface area contributed by atoms with Gasteiger partial charge in [0.25, 0.3) is 0 Å². The van der Waals surface area contributed by atoms with Crippen LogP contribution in [0, 0.1) is 0 Å². The van der Waals surface area contributed by atoms with E-state index in [9.17, 15) is 6.85 Å². The minimum Gasteiger partial charge on any atom is -0.456 e. The van der Waals surface area contributed by atoms with Crippen LogP contribution in [0.4, 0.5) is 0 Å². The minimum absolute atomic E-state index is 0.0270. The van der Waals surface area contributed by atoms with Gasteiger partial charge in [0.15, 0.2) is 17.5 Å². The number of aromatic nitrogens is 3. The molecule has 0 N–H and O–H groups in total. The molecule has 3 heterocycles. The first-order chi connectivity index (χ1) is 33.2. The van der Waals surface area contributed by atoms with Crippen molar-refractivity contribution in [1.29, 1.82) is 0 Å². The topological polar surface area (TPSA) is 51.8 Å². The van der Waals surface area contributed by atoms with E-state index in [0.29, 0.717) is 37.7 Å². The average Bonchev–Trinajstić information content (AvgIpc) is 3.98. The Bertz CT molecular complexity index is 3970. The highest BCUT2D eigenvalue weighted by Crippen LogP contribution is 2.40. The van der Waals surface area contributed by atoms with Gasteiger partial charge in [-0.2, -0.15) is 0 Å². The fourth-order valence-corrected chi connectivity index (χ4v) is 9.08. The molecule has 0 aliphatic heterocycles. The molecule has 5 heteroatoms. The Morgan fingerprint density at radius 1 is 0.339 bits per heavy atom. The number of furan rings is 1. The largest absolute Gasteiger partial charge is 0.456 e. The number of nitrogens with zero attached hydrogens (tertiary/aromatic N) is 3. The number of fused-ring (bicyclic) bond motifs is 6. The standard InChI is InChI=1S/C57H35N3OS/c1-3-11-36(12-4-1)38-19-21-40(22-20-38)42-29-32-53-50(33-42)48-31-28-44(35-54(48)62-53)56-58-55(41-25-23-39(24-26-41)37-13-5-2-6-14-37)59-57(60-56)49-17-8-7-15-45(49)43-27-30-47-46-16-9-10-18-51(46)61-52(47)34-43/h1-35H/i28D,29D,31D,32D,33D,35D. The Labute approximate surface area is 370 Å². The Hall–Kier alpha value is -7.99. The Morgan fingerprint density at radius 3 is 1.60 bits per heavy atom. The minimum atomic E-state index is -0.289. The smallest absolute Gasteiger partial charge is 0.164 e. The zero-order chi connectivity index (χ0) is 46.2. The number of thiophene rings is 1. The summed E-state index contributed by atoms with van der Waals surface area (Å²) in [5.74, 6) is 0.667. The van der Waals surface area contributed by atoms with Gasteiger partial charge < -0.3 is 4.42 Å². The molecule has 0 spiro atoms. The molecule has 290 valence electrons. The fourth-order valence-electron chi connectivity index (χ4n) is 8.11. The first-order valence-corrected chi connectivity index (χ1v) is 21.1. The van der Waals surface area contributed by atoms with Gasteiger partial charge in [-0.1, -0.05) is 176 Å². The van der Waals surface area contributed by atoms with Crippen molar-refractivity contribution in [3.05, 3.63) is 212 Å². The Morgan fingerprint density at radius 2 is 0.871 bits per heavy atom. The van der Waals surface area contributed by atoms with Gasteiger partial charge in [-0.05, 0) is 80.8 Å². The van der Waals surface area contributed by atoms with Gasteiger partial charge in [-0.15, -0.1) is 11.3 Å². The van der Waals surface area contributed by atoms with Crippen molar-refractivity contribution in [2.75, 3.05) is 0 Å². The van der Waals surface area contributed by atoms with Crippen molar-refractivity contribution in [1.82, 2.24) is 15.0 Å². The van der Waals surface area contributed by atoms with Gasteiger partial charge in [0, 0.05) is 47.6 Å². The maximum Gasteiger partial charge on any atom is 0.164 e. The molecule has 0 aliphatic carbocycles. The van der Waals surface area contributed by atoms with E-state index >= 15 is 0 Å². The van der Waals surface area contributed by atoms with E-state index in [1.165, 1.54) is 0 Å². The third kappa shape index (κ3) is 6.44.